The lowest BCUT2D eigenvalue weighted by atomic mass is 10.1. The molecule has 0 aliphatic heterocycles. The summed E-state index contributed by atoms with van der Waals surface area (Å²) in [5, 5.41) is 7.92. The van der Waals surface area contributed by atoms with Crippen LogP contribution in [0.25, 0.3) is 0 Å². The van der Waals surface area contributed by atoms with E-state index in [2.05, 4.69) is 41.9 Å². The van der Waals surface area contributed by atoms with E-state index in [1.54, 1.807) is 0 Å². The van der Waals surface area contributed by atoms with Gasteiger partial charge in [-0.15, -0.1) is 0 Å². The fourth-order valence-corrected chi connectivity index (χ4v) is 1.90. The van der Waals surface area contributed by atoms with Crippen LogP contribution in [-0.2, 0) is 19.4 Å². The van der Waals surface area contributed by atoms with Gasteiger partial charge < -0.3 is 5.32 Å². The van der Waals surface area contributed by atoms with Gasteiger partial charge in [0.05, 0.1) is 5.69 Å². The zero-order valence-electron chi connectivity index (χ0n) is 10.9. The second kappa shape index (κ2) is 7.44. The summed E-state index contributed by atoms with van der Waals surface area (Å²) in [7, 11) is 0. The van der Waals surface area contributed by atoms with E-state index in [1.807, 2.05) is 0 Å². The van der Waals surface area contributed by atoms with Crippen molar-refractivity contribution in [2.75, 3.05) is 13.1 Å². The van der Waals surface area contributed by atoms with Crippen LogP contribution in [0.2, 0.25) is 0 Å². The smallest absolute Gasteiger partial charge is 0.0624 e. The molecule has 1 heterocycles. The van der Waals surface area contributed by atoms with Crippen LogP contribution < -0.4 is 5.32 Å². The van der Waals surface area contributed by atoms with Crippen LogP contribution in [0.1, 0.15) is 45.0 Å². The number of hydrogen-bond donors (Lipinski definition) is 1. The van der Waals surface area contributed by atoms with Crippen molar-refractivity contribution in [1.82, 2.24) is 15.1 Å². The first-order valence-electron chi connectivity index (χ1n) is 6.58. The summed E-state index contributed by atoms with van der Waals surface area (Å²) >= 11 is 0. The molecule has 1 N–H and O–H groups in total. The second-order valence-electron chi connectivity index (χ2n) is 4.11. The Morgan fingerprint density at radius 1 is 1.25 bits per heavy atom. The molecule has 0 atom stereocenters. The molecule has 16 heavy (non-hydrogen) atoms. The van der Waals surface area contributed by atoms with Gasteiger partial charge in [-0.2, -0.15) is 5.10 Å². The summed E-state index contributed by atoms with van der Waals surface area (Å²) < 4.78 is 2.14. The Kier molecular flexibility index (Phi) is 6.16. The highest BCUT2D eigenvalue weighted by molar-refractivity contribution is 5.10. The molecule has 0 aliphatic rings. The summed E-state index contributed by atoms with van der Waals surface area (Å²) in [5.41, 5.74) is 2.62. The summed E-state index contributed by atoms with van der Waals surface area (Å²) in [5.74, 6) is 0. The molecule has 0 aromatic carbocycles. The Morgan fingerprint density at radius 3 is 2.69 bits per heavy atom. The average molecular weight is 223 g/mol. The maximum atomic E-state index is 4.56. The van der Waals surface area contributed by atoms with Gasteiger partial charge in [-0.3, -0.25) is 4.68 Å². The van der Waals surface area contributed by atoms with Crippen molar-refractivity contribution in [2.24, 2.45) is 0 Å². The summed E-state index contributed by atoms with van der Waals surface area (Å²) in [4.78, 5) is 0. The molecule has 0 amide bonds. The number of hydrogen-bond acceptors (Lipinski definition) is 2. The van der Waals surface area contributed by atoms with E-state index in [9.17, 15) is 0 Å². The third kappa shape index (κ3) is 3.97. The van der Waals surface area contributed by atoms with Crippen LogP contribution in [0.5, 0.6) is 0 Å². The van der Waals surface area contributed by atoms with E-state index in [-0.39, 0.29) is 0 Å². The molecule has 0 spiro atoms. The van der Waals surface area contributed by atoms with Crippen LogP contribution in [0.15, 0.2) is 6.07 Å². The van der Waals surface area contributed by atoms with Gasteiger partial charge >= 0.3 is 0 Å². The summed E-state index contributed by atoms with van der Waals surface area (Å²) in [6, 6.07) is 2.26. The molecule has 1 aromatic rings. The highest BCUT2D eigenvalue weighted by Crippen LogP contribution is 2.09. The van der Waals surface area contributed by atoms with E-state index in [0.29, 0.717) is 0 Å². The molecule has 0 aliphatic carbocycles. The van der Waals surface area contributed by atoms with Gasteiger partial charge in [-0.25, -0.2) is 0 Å². The lowest BCUT2D eigenvalue weighted by molar-refractivity contribution is 0.584. The third-order valence-corrected chi connectivity index (χ3v) is 2.86. The fraction of sp³-hybridized carbons (Fsp3) is 0.769. The van der Waals surface area contributed by atoms with Crippen molar-refractivity contribution in [3.8, 4) is 0 Å². The number of aromatic nitrogens is 2. The summed E-state index contributed by atoms with van der Waals surface area (Å²) in [6.07, 6.45) is 4.70. The van der Waals surface area contributed by atoms with Crippen molar-refractivity contribution in [3.63, 3.8) is 0 Å². The van der Waals surface area contributed by atoms with Crippen LogP contribution >= 0.6 is 0 Å². The average Bonchev–Trinajstić information content (AvgIpc) is 2.71. The molecule has 92 valence electrons. The first-order chi connectivity index (χ1) is 7.81. The van der Waals surface area contributed by atoms with Crippen LogP contribution in [-0.4, -0.2) is 22.9 Å². The number of nitrogens with zero attached hydrogens (tertiary/aromatic N) is 2. The Labute approximate surface area is 99.2 Å². The minimum absolute atomic E-state index is 0.989. The maximum absolute atomic E-state index is 4.56. The highest BCUT2D eigenvalue weighted by Gasteiger charge is 2.04. The van der Waals surface area contributed by atoms with E-state index in [4.69, 9.17) is 0 Å². The van der Waals surface area contributed by atoms with Gasteiger partial charge in [0, 0.05) is 12.2 Å². The first kappa shape index (κ1) is 13.2. The maximum Gasteiger partial charge on any atom is 0.0624 e. The minimum atomic E-state index is 0.989. The Balaban J connectivity index is 2.37. The van der Waals surface area contributed by atoms with Crippen molar-refractivity contribution in [2.45, 2.75) is 53.0 Å². The molecule has 0 fully saturated rings. The van der Waals surface area contributed by atoms with Gasteiger partial charge in [0.2, 0.25) is 0 Å². The number of nitrogens with one attached hydrogen (secondary N) is 1. The van der Waals surface area contributed by atoms with Crippen molar-refractivity contribution in [3.05, 3.63) is 17.5 Å². The van der Waals surface area contributed by atoms with E-state index in [1.165, 1.54) is 24.2 Å². The van der Waals surface area contributed by atoms with Gasteiger partial charge in [-0.1, -0.05) is 13.8 Å². The van der Waals surface area contributed by atoms with Crippen molar-refractivity contribution < 1.29 is 0 Å². The molecule has 0 unspecified atom stereocenters. The second-order valence-corrected chi connectivity index (χ2v) is 4.11. The summed E-state index contributed by atoms with van der Waals surface area (Å²) in [6.45, 7) is 9.68. The van der Waals surface area contributed by atoms with Gasteiger partial charge in [0.1, 0.15) is 0 Å². The van der Waals surface area contributed by atoms with Crippen LogP contribution in [0.4, 0.5) is 0 Å². The highest BCUT2D eigenvalue weighted by atomic mass is 15.3. The zero-order chi connectivity index (χ0) is 11.8. The Morgan fingerprint density at radius 2 is 2.06 bits per heavy atom. The molecule has 0 bridgehead atoms. The van der Waals surface area contributed by atoms with Crippen molar-refractivity contribution >= 4 is 0 Å². The number of aryl methyl sites for hydroxylation is 3. The monoisotopic (exact) mass is 223 g/mol. The number of rotatable bonds is 8. The van der Waals surface area contributed by atoms with E-state index >= 15 is 0 Å². The first-order valence-corrected chi connectivity index (χ1v) is 6.58. The van der Waals surface area contributed by atoms with Crippen LogP contribution in [0.3, 0.4) is 0 Å². The Hall–Kier alpha value is -0.830. The van der Waals surface area contributed by atoms with Gasteiger partial charge in [0.15, 0.2) is 0 Å². The van der Waals surface area contributed by atoms with E-state index in [0.717, 1.165) is 32.5 Å². The SMILES string of the molecule is CCNCCCCc1cc(CC)nn1CC. The van der Waals surface area contributed by atoms with Gasteiger partial charge in [-0.05, 0) is 51.8 Å². The van der Waals surface area contributed by atoms with Gasteiger partial charge in [0.25, 0.3) is 0 Å². The standard InChI is InChI=1S/C13H25N3/c1-4-12-11-13(16(6-3)15-12)9-7-8-10-14-5-2/h11,14H,4-10H2,1-3H3. The van der Waals surface area contributed by atoms with E-state index < -0.39 is 0 Å². The lowest BCUT2D eigenvalue weighted by Gasteiger charge is -2.04. The molecular formula is C13H25N3. The lowest BCUT2D eigenvalue weighted by Crippen LogP contribution is -2.14. The minimum Gasteiger partial charge on any atom is -0.317 e. The predicted molar refractivity (Wildman–Crippen MR) is 68.8 cm³/mol. The third-order valence-electron chi connectivity index (χ3n) is 2.86. The zero-order valence-corrected chi connectivity index (χ0v) is 10.9. The molecule has 3 heteroatoms. The quantitative estimate of drug-likeness (QED) is 0.686. The fourth-order valence-electron chi connectivity index (χ4n) is 1.90. The molecule has 3 nitrogen and oxygen atoms in total. The normalized spacial score (nSPS) is 10.9. The molecule has 0 saturated carbocycles. The molecule has 0 radical (unpaired) electrons. The molecule has 1 rings (SSSR count). The van der Waals surface area contributed by atoms with Crippen molar-refractivity contribution in [1.29, 1.82) is 0 Å². The number of unbranched alkanes of at least 4 members (excludes halogenated alkanes) is 1. The van der Waals surface area contributed by atoms with Crippen LogP contribution in [0, 0.1) is 0 Å². The predicted octanol–water partition coefficient (Wildman–Crippen LogP) is 2.40. The molecule has 1 aromatic heterocycles. The molecule has 0 saturated heterocycles. The largest absolute Gasteiger partial charge is 0.317 e. The molecular weight excluding hydrogens is 198 g/mol. The Bertz CT molecular complexity index is 291. The topological polar surface area (TPSA) is 29.9 Å².